The van der Waals surface area contributed by atoms with Crippen molar-refractivity contribution in [3.8, 4) is 0 Å². The highest BCUT2D eigenvalue weighted by atomic mass is 16.2. The molecule has 5 rings (SSSR count). The Kier molecular flexibility index (Phi) is 3.01. The summed E-state index contributed by atoms with van der Waals surface area (Å²) >= 11 is 0. The van der Waals surface area contributed by atoms with Crippen LogP contribution in [-0.2, 0) is 0 Å². The van der Waals surface area contributed by atoms with E-state index in [2.05, 4.69) is 40.6 Å². The van der Waals surface area contributed by atoms with E-state index in [1.807, 2.05) is 54.6 Å². The molecular weight excluding hydrogens is 308 g/mol. The van der Waals surface area contributed by atoms with Crippen LogP contribution in [0.5, 0.6) is 0 Å². The number of carbonyl (C=O) groups excluding carboxylic acids is 1. The van der Waals surface area contributed by atoms with Crippen LogP contribution in [0.1, 0.15) is 33.2 Å². The van der Waals surface area contributed by atoms with Crippen LogP contribution in [-0.4, -0.2) is 5.91 Å². The molecule has 3 aromatic rings. The van der Waals surface area contributed by atoms with Gasteiger partial charge in [0, 0.05) is 5.56 Å². The fraction of sp³-hybridized carbons (Fsp3) is 0.0455. The predicted octanol–water partition coefficient (Wildman–Crippen LogP) is 4.45. The fourth-order valence-electron chi connectivity index (χ4n) is 3.71. The summed E-state index contributed by atoms with van der Waals surface area (Å²) in [5.41, 5.74) is 6.14. The number of benzene rings is 3. The third-order valence-electron chi connectivity index (χ3n) is 4.85. The molecule has 0 aliphatic carbocycles. The Morgan fingerprint density at radius 1 is 0.800 bits per heavy atom. The first-order valence-corrected chi connectivity index (χ1v) is 8.38. The van der Waals surface area contributed by atoms with E-state index in [4.69, 9.17) is 0 Å². The summed E-state index contributed by atoms with van der Waals surface area (Å²) in [6, 6.07) is 26.3. The zero-order valence-corrected chi connectivity index (χ0v) is 13.5. The molecule has 3 aromatic carbocycles. The van der Waals surface area contributed by atoms with Crippen molar-refractivity contribution >= 4 is 23.4 Å². The highest BCUT2D eigenvalue weighted by Gasteiger charge is 2.37. The van der Waals surface area contributed by atoms with Gasteiger partial charge in [-0.2, -0.15) is 0 Å². The summed E-state index contributed by atoms with van der Waals surface area (Å²) < 4.78 is 0. The normalized spacial score (nSPS) is 17.8. The molecule has 0 saturated heterocycles. The van der Waals surface area contributed by atoms with Crippen LogP contribution >= 0.6 is 0 Å². The number of amides is 1. The molecule has 0 saturated carbocycles. The standard InChI is InChI=1S/C22H16N2O/c25-22-18-12-6-7-13-19(18)24-20(15-8-2-1-3-9-15)14-16-10-4-5-11-17(16)21(24)23-22/h1-14,21H,(H,23,25). The van der Waals surface area contributed by atoms with Gasteiger partial charge in [-0.25, -0.2) is 0 Å². The predicted molar refractivity (Wildman–Crippen MR) is 99.9 cm³/mol. The topological polar surface area (TPSA) is 32.3 Å². The number of nitrogens with one attached hydrogen (secondary N) is 1. The van der Waals surface area contributed by atoms with Gasteiger partial charge in [-0.05, 0) is 29.3 Å². The maximum atomic E-state index is 12.6. The Bertz CT molecular complexity index is 1010. The van der Waals surface area contributed by atoms with Crippen molar-refractivity contribution in [2.75, 3.05) is 4.90 Å². The van der Waals surface area contributed by atoms with Crippen molar-refractivity contribution in [3.63, 3.8) is 0 Å². The van der Waals surface area contributed by atoms with Gasteiger partial charge < -0.3 is 10.2 Å². The number of carbonyl (C=O) groups is 1. The minimum atomic E-state index is -0.196. The van der Waals surface area contributed by atoms with Crippen LogP contribution in [0.15, 0.2) is 78.9 Å². The van der Waals surface area contributed by atoms with E-state index in [0.717, 1.165) is 28.1 Å². The van der Waals surface area contributed by atoms with Gasteiger partial charge in [0.25, 0.3) is 5.91 Å². The first kappa shape index (κ1) is 14.1. The van der Waals surface area contributed by atoms with E-state index in [1.165, 1.54) is 0 Å². The highest BCUT2D eigenvalue weighted by molar-refractivity contribution is 6.07. The molecule has 120 valence electrons. The lowest BCUT2D eigenvalue weighted by Gasteiger charge is -2.43. The van der Waals surface area contributed by atoms with E-state index < -0.39 is 0 Å². The van der Waals surface area contributed by atoms with Crippen LogP contribution in [0.4, 0.5) is 5.69 Å². The van der Waals surface area contributed by atoms with Gasteiger partial charge in [0.15, 0.2) is 0 Å². The van der Waals surface area contributed by atoms with Crippen LogP contribution in [0, 0.1) is 0 Å². The summed E-state index contributed by atoms with van der Waals surface area (Å²) in [5.74, 6) is -0.0269. The first-order chi connectivity index (χ1) is 12.3. The summed E-state index contributed by atoms with van der Waals surface area (Å²) in [7, 11) is 0. The quantitative estimate of drug-likeness (QED) is 0.717. The molecule has 1 N–H and O–H groups in total. The van der Waals surface area contributed by atoms with Gasteiger partial charge in [0.05, 0.1) is 16.9 Å². The molecule has 2 aliphatic rings. The number of anilines is 1. The molecule has 3 heteroatoms. The number of rotatable bonds is 1. The molecule has 1 amide bonds. The molecule has 0 bridgehead atoms. The highest BCUT2D eigenvalue weighted by Crippen LogP contribution is 2.44. The molecule has 0 spiro atoms. The molecule has 0 fully saturated rings. The minimum absolute atomic E-state index is 0.0269. The maximum absolute atomic E-state index is 12.6. The number of nitrogens with zero attached hydrogens (tertiary/aromatic N) is 1. The van der Waals surface area contributed by atoms with E-state index in [-0.39, 0.29) is 12.1 Å². The summed E-state index contributed by atoms with van der Waals surface area (Å²) in [6.45, 7) is 0. The summed E-state index contributed by atoms with van der Waals surface area (Å²) in [6.07, 6.45) is 2.01. The van der Waals surface area contributed by atoms with Crippen molar-refractivity contribution < 1.29 is 4.79 Å². The summed E-state index contributed by atoms with van der Waals surface area (Å²) in [5, 5.41) is 3.18. The Morgan fingerprint density at radius 3 is 2.40 bits per heavy atom. The lowest BCUT2D eigenvalue weighted by Crippen LogP contribution is -2.47. The van der Waals surface area contributed by atoms with Crippen molar-refractivity contribution in [3.05, 3.63) is 101 Å². The average Bonchev–Trinajstić information content (AvgIpc) is 2.68. The van der Waals surface area contributed by atoms with Gasteiger partial charge >= 0.3 is 0 Å². The molecule has 2 heterocycles. The van der Waals surface area contributed by atoms with Gasteiger partial charge in [-0.15, -0.1) is 0 Å². The van der Waals surface area contributed by atoms with Crippen LogP contribution in [0.3, 0.4) is 0 Å². The smallest absolute Gasteiger partial charge is 0.255 e. The SMILES string of the molecule is O=C1NC2c3ccccc3C=C(c3ccccc3)N2c2ccccc21. The largest absolute Gasteiger partial charge is 0.327 e. The lowest BCUT2D eigenvalue weighted by molar-refractivity contribution is 0.0930. The zero-order valence-electron chi connectivity index (χ0n) is 13.5. The van der Waals surface area contributed by atoms with Crippen LogP contribution in [0.2, 0.25) is 0 Å². The fourth-order valence-corrected chi connectivity index (χ4v) is 3.71. The van der Waals surface area contributed by atoms with Crippen molar-refractivity contribution in [1.82, 2.24) is 5.32 Å². The monoisotopic (exact) mass is 324 g/mol. The van der Waals surface area contributed by atoms with E-state index in [0.29, 0.717) is 5.56 Å². The molecule has 0 aromatic heterocycles. The van der Waals surface area contributed by atoms with Crippen LogP contribution in [0.25, 0.3) is 11.8 Å². The number of hydrogen-bond acceptors (Lipinski definition) is 2. The molecule has 0 radical (unpaired) electrons. The number of hydrogen-bond donors (Lipinski definition) is 1. The van der Waals surface area contributed by atoms with Crippen molar-refractivity contribution in [2.24, 2.45) is 0 Å². The zero-order chi connectivity index (χ0) is 16.8. The molecule has 2 aliphatic heterocycles. The number of fused-ring (bicyclic) bond motifs is 5. The minimum Gasteiger partial charge on any atom is -0.327 e. The van der Waals surface area contributed by atoms with Crippen LogP contribution < -0.4 is 10.2 Å². The van der Waals surface area contributed by atoms with Gasteiger partial charge in [-0.1, -0.05) is 66.7 Å². The second kappa shape index (κ2) is 5.35. The molecule has 25 heavy (non-hydrogen) atoms. The summed E-state index contributed by atoms with van der Waals surface area (Å²) in [4.78, 5) is 14.9. The van der Waals surface area contributed by atoms with E-state index >= 15 is 0 Å². The second-order valence-corrected chi connectivity index (χ2v) is 6.29. The second-order valence-electron chi connectivity index (χ2n) is 6.29. The van der Waals surface area contributed by atoms with Crippen molar-refractivity contribution in [1.29, 1.82) is 0 Å². The molecular formula is C22H16N2O. The Labute approximate surface area is 146 Å². The molecule has 1 unspecified atom stereocenters. The van der Waals surface area contributed by atoms with Gasteiger partial charge in [0.1, 0.15) is 6.17 Å². The lowest BCUT2D eigenvalue weighted by atomic mass is 9.92. The van der Waals surface area contributed by atoms with Gasteiger partial charge in [-0.3, -0.25) is 4.79 Å². The Balaban J connectivity index is 1.80. The first-order valence-electron chi connectivity index (χ1n) is 8.38. The third-order valence-corrected chi connectivity index (χ3v) is 4.85. The van der Waals surface area contributed by atoms with E-state index in [9.17, 15) is 4.79 Å². The van der Waals surface area contributed by atoms with Crippen molar-refractivity contribution in [2.45, 2.75) is 6.17 Å². The van der Waals surface area contributed by atoms with Gasteiger partial charge in [0.2, 0.25) is 0 Å². The average molecular weight is 324 g/mol. The Morgan fingerprint density at radius 2 is 1.52 bits per heavy atom. The maximum Gasteiger partial charge on any atom is 0.255 e. The third kappa shape index (κ3) is 2.09. The Hall–Kier alpha value is -3.33. The molecule has 1 atom stereocenters. The molecule has 3 nitrogen and oxygen atoms in total. The van der Waals surface area contributed by atoms with E-state index in [1.54, 1.807) is 0 Å². The number of para-hydroxylation sites is 1.